The first-order valence-electron chi connectivity index (χ1n) is 13.0. The zero-order chi connectivity index (χ0) is 34.0. The maximum atomic E-state index is 12.9. The van der Waals surface area contributed by atoms with Crippen LogP contribution in [-0.4, -0.2) is 79.7 Å². The van der Waals surface area contributed by atoms with E-state index in [1.807, 2.05) is 37.3 Å². The van der Waals surface area contributed by atoms with E-state index in [0.29, 0.717) is 38.0 Å². The second kappa shape index (κ2) is 15.3. The molecule has 1 aliphatic heterocycles. The predicted molar refractivity (Wildman–Crippen MR) is 144 cm³/mol. The molecule has 0 bridgehead atoms. The number of hydrogen-bond donors (Lipinski definition) is 6. The topological polar surface area (TPSA) is 183 Å². The van der Waals surface area contributed by atoms with Crippen molar-refractivity contribution in [3.8, 4) is 0 Å². The maximum absolute atomic E-state index is 12.9. The van der Waals surface area contributed by atoms with Gasteiger partial charge in [0.05, 0.1) is 23.0 Å². The molecule has 0 aliphatic carbocycles. The number of hydrogen-bond acceptors (Lipinski definition) is 7. The summed E-state index contributed by atoms with van der Waals surface area (Å²) in [5, 5.41) is 29.5. The quantitative estimate of drug-likeness (QED) is 0.132. The van der Waals surface area contributed by atoms with Crippen LogP contribution < -0.4 is 16.1 Å². The van der Waals surface area contributed by atoms with Gasteiger partial charge in [-0.25, -0.2) is 20.1 Å². The van der Waals surface area contributed by atoms with Gasteiger partial charge in [0, 0.05) is 12.1 Å². The van der Waals surface area contributed by atoms with Crippen LogP contribution >= 0.6 is 0 Å². The zero-order valence-corrected chi connectivity index (χ0v) is 23.5. The summed E-state index contributed by atoms with van der Waals surface area (Å²) in [4.78, 5) is 47.1. The fraction of sp³-hybridized carbons (Fsp3) is 0.370. The Morgan fingerprint density at radius 2 is 1.42 bits per heavy atom. The van der Waals surface area contributed by atoms with Gasteiger partial charge in [0.25, 0.3) is 5.91 Å². The van der Waals surface area contributed by atoms with Gasteiger partial charge in [0.15, 0.2) is 0 Å². The molecule has 18 heteroatoms. The van der Waals surface area contributed by atoms with Crippen molar-refractivity contribution in [3.05, 3.63) is 65.5 Å². The summed E-state index contributed by atoms with van der Waals surface area (Å²) in [5.74, 6) is -5.29. The summed E-state index contributed by atoms with van der Waals surface area (Å²) >= 11 is 0. The number of carboxylic acids is 2. The lowest BCUT2D eigenvalue weighted by Crippen LogP contribution is -2.56. The third-order valence-electron chi connectivity index (χ3n) is 6.45. The number of para-hydroxylation sites is 2. The third kappa shape index (κ3) is 11.1. The lowest BCUT2D eigenvalue weighted by Gasteiger charge is -2.37. The Kier molecular flexibility index (Phi) is 12.4. The van der Waals surface area contributed by atoms with E-state index in [1.54, 1.807) is 17.6 Å². The van der Waals surface area contributed by atoms with Gasteiger partial charge >= 0.3 is 24.3 Å². The third-order valence-corrected chi connectivity index (χ3v) is 6.45. The predicted octanol–water partition coefficient (Wildman–Crippen LogP) is 3.41. The Hall–Kier alpha value is -4.71. The fourth-order valence-corrected chi connectivity index (χ4v) is 4.25. The first kappa shape index (κ1) is 36.5. The fourth-order valence-electron chi connectivity index (χ4n) is 4.25. The van der Waals surface area contributed by atoms with Crippen LogP contribution in [0.25, 0.3) is 11.0 Å². The molecule has 0 spiro atoms. The van der Waals surface area contributed by atoms with E-state index in [2.05, 4.69) is 26.3 Å². The Labute approximate surface area is 251 Å². The number of imidazole rings is 1. The first-order chi connectivity index (χ1) is 20.9. The maximum Gasteiger partial charge on any atom is 0.490 e. The highest BCUT2D eigenvalue weighted by Gasteiger charge is 2.39. The number of halogens is 6. The molecular formula is C27H29F6N5O7. The van der Waals surface area contributed by atoms with Crippen molar-refractivity contribution in [1.29, 1.82) is 0 Å². The van der Waals surface area contributed by atoms with Gasteiger partial charge in [0.2, 0.25) is 5.91 Å². The summed E-state index contributed by atoms with van der Waals surface area (Å²) < 4.78 is 65.6. The molecule has 246 valence electrons. The average molecular weight is 650 g/mol. The Morgan fingerprint density at radius 3 is 1.91 bits per heavy atom. The van der Waals surface area contributed by atoms with Crippen molar-refractivity contribution >= 4 is 34.8 Å². The summed E-state index contributed by atoms with van der Waals surface area (Å²) in [7, 11) is 0. The van der Waals surface area contributed by atoms with Gasteiger partial charge in [-0.2, -0.15) is 26.3 Å². The molecule has 3 aromatic rings. The Bertz CT molecular complexity index is 1460. The number of hydroxylamine groups is 1. The van der Waals surface area contributed by atoms with Gasteiger partial charge in [-0.15, -0.1) is 0 Å². The molecule has 1 saturated heterocycles. The number of nitrogens with zero attached hydrogens (tertiary/aromatic N) is 2. The standard InChI is InChI=1S/C23H27N5O3.2C2HF3O2/c1-16-25-19-4-2-3-5-20(19)28(16)15-17-6-8-18(9-7-17)22(30)26-23(14-21(29)27-31)10-12-24-13-11-23;2*3-2(4,5)1(6)7/h2-9,24,31H,10-15H2,1H3,(H,26,30)(H,27,29);2*(H,6,7). The van der Waals surface area contributed by atoms with E-state index in [-0.39, 0.29) is 12.3 Å². The van der Waals surface area contributed by atoms with Gasteiger partial charge in [-0.1, -0.05) is 24.3 Å². The summed E-state index contributed by atoms with van der Waals surface area (Å²) in [5.41, 5.74) is 4.67. The number of carbonyl (C=O) groups excluding carboxylic acids is 2. The van der Waals surface area contributed by atoms with E-state index >= 15 is 0 Å². The Morgan fingerprint density at radius 1 is 0.911 bits per heavy atom. The van der Waals surface area contributed by atoms with Crippen molar-refractivity contribution < 1.29 is 60.9 Å². The highest BCUT2D eigenvalue weighted by molar-refractivity contribution is 5.95. The van der Waals surface area contributed by atoms with Crippen molar-refractivity contribution in [1.82, 2.24) is 25.7 Å². The lowest BCUT2D eigenvalue weighted by molar-refractivity contribution is -0.193. The molecule has 1 fully saturated rings. The summed E-state index contributed by atoms with van der Waals surface area (Å²) in [6, 6.07) is 15.5. The number of benzene rings is 2. The minimum Gasteiger partial charge on any atom is -0.475 e. The van der Waals surface area contributed by atoms with E-state index in [1.165, 1.54) is 0 Å². The van der Waals surface area contributed by atoms with Crippen LogP contribution in [0.15, 0.2) is 48.5 Å². The molecular weight excluding hydrogens is 620 g/mol. The second-order valence-corrected chi connectivity index (χ2v) is 9.73. The molecule has 2 heterocycles. The van der Waals surface area contributed by atoms with Crippen LogP contribution in [0.1, 0.15) is 41.0 Å². The Balaban J connectivity index is 0.000000421. The largest absolute Gasteiger partial charge is 0.490 e. The molecule has 0 atom stereocenters. The van der Waals surface area contributed by atoms with Crippen molar-refractivity contribution in [2.45, 2.75) is 50.6 Å². The molecule has 45 heavy (non-hydrogen) atoms. The van der Waals surface area contributed by atoms with Crippen LogP contribution in [0.5, 0.6) is 0 Å². The van der Waals surface area contributed by atoms with Crippen LogP contribution in [0, 0.1) is 6.92 Å². The van der Waals surface area contributed by atoms with Crippen molar-refractivity contribution in [2.75, 3.05) is 13.1 Å². The number of rotatable bonds is 6. The molecule has 4 rings (SSSR count). The second-order valence-electron chi connectivity index (χ2n) is 9.73. The zero-order valence-electron chi connectivity index (χ0n) is 23.5. The molecule has 2 aromatic carbocycles. The molecule has 2 amide bonds. The number of aromatic nitrogens is 2. The highest BCUT2D eigenvalue weighted by Crippen LogP contribution is 2.24. The lowest BCUT2D eigenvalue weighted by atomic mass is 9.84. The highest BCUT2D eigenvalue weighted by atomic mass is 19.4. The SMILES string of the molecule is Cc1nc2ccccc2n1Cc1ccc(C(=O)NC2(CC(=O)NO)CCNCC2)cc1.O=C(O)C(F)(F)F.O=C(O)C(F)(F)F. The first-order valence-corrected chi connectivity index (χ1v) is 13.0. The molecule has 6 N–H and O–H groups in total. The van der Waals surface area contributed by atoms with Crippen molar-refractivity contribution in [2.24, 2.45) is 0 Å². The van der Waals surface area contributed by atoms with Crippen LogP contribution in [0.2, 0.25) is 0 Å². The van der Waals surface area contributed by atoms with Gasteiger partial charge < -0.3 is 25.4 Å². The minimum atomic E-state index is -5.08. The number of aliphatic carboxylic acids is 2. The number of carboxylic acid groups (broad SMARTS) is 2. The number of nitrogens with one attached hydrogen (secondary N) is 3. The molecule has 0 radical (unpaired) electrons. The minimum absolute atomic E-state index is 0.0436. The van der Waals surface area contributed by atoms with Crippen LogP contribution in [0.3, 0.4) is 0 Å². The average Bonchev–Trinajstić information content (AvgIpc) is 3.28. The van der Waals surface area contributed by atoms with Crippen LogP contribution in [-0.2, 0) is 20.9 Å². The van der Waals surface area contributed by atoms with Crippen molar-refractivity contribution in [3.63, 3.8) is 0 Å². The van der Waals surface area contributed by atoms with Gasteiger partial charge in [-0.3, -0.25) is 14.8 Å². The van der Waals surface area contributed by atoms with Gasteiger partial charge in [0.1, 0.15) is 5.82 Å². The number of fused-ring (bicyclic) bond motifs is 1. The molecule has 0 saturated carbocycles. The van der Waals surface area contributed by atoms with Crippen LogP contribution in [0.4, 0.5) is 26.3 Å². The molecule has 1 aliphatic rings. The molecule has 1 aromatic heterocycles. The van der Waals surface area contributed by atoms with E-state index in [9.17, 15) is 35.9 Å². The number of piperidine rings is 1. The number of amides is 2. The van der Waals surface area contributed by atoms with Gasteiger partial charge in [-0.05, 0) is 62.7 Å². The number of aryl methyl sites for hydroxylation is 1. The molecule has 12 nitrogen and oxygen atoms in total. The van der Waals surface area contributed by atoms with E-state index in [4.69, 9.17) is 25.0 Å². The van der Waals surface area contributed by atoms with E-state index in [0.717, 1.165) is 22.4 Å². The van der Waals surface area contributed by atoms with E-state index < -0.39 is 35.7 Å². The number of alkyl halides is 6. The smallest absolute Gasteiger partial charge is 0.475 e. The molecule has 0 unspecified atom stereocenters. The number of carbonyl (C=O) groups is 4. The monoisotopic (exact) mass is 649 g/mol. The normalized spacial score (nSPS) is 14.2. The summed E-state index contributed by atoms with van der Waals surface area (Å²) in [6.45, 7) is 4.07. The summed E-state index contributed by atoms with van der Waals surface area (Å²) in [6.07, 6.45) is -8.88.